The number of hydrogen-bond donors (Lipinski definition) is 0. The van der Waals surface area contributed by atoms with Gasteiger partial charge in [0.2, 0.25) is 0 Å². The summed E-state index contributed by atoms with van der Waals surface area (Å²) in [5, 5.41) is 5.44. The first kappa shape index (κ1) is 20.3. The number of benzene rings is 2. The number of aromatic nitrogens is 3. The van der Waals surface area contributed by atoms with Crippen molar-refractivity contribution in [1.82, 2.24) is 14.7 Å². The minimum absolute atomic E-state index is 0.278. The maximum Gasteiger partial charge on any atom is 0.420 e. The standard InChI is InChI=1S/C24H20ClN3O4/c1-12-22(14(3)32-27-12)18-9-19-17(10-20(18)30-4)23-21(11-26-19)31-24(29)28(23)13(2)15-5-7-16(25)8-6-15/h5-11,13H,1-4H3/t13-/m1/s1. The molecule has 0 amide bonds. The third kappa shape index (κ3) is 3.08. The van der Waals surface area contributed by atoms with Crippen LogP contribution in [0.4, 0.5) is 0 Å². The third-order valence-corrected chi connectivity index (χ3v) is 6.06. The van der Waals surface area contributed by atoms with Gasteiger partial charge in [-0.15, -0.1) is 0 Å². The van der Waals surface area contributed by atoms with Gasteiger partial charge in [-0.1, -0.05) is 28.9 Å². The fourth-order valence-electron chi connectivity index (χ4n) is 4.22. The van der Waals surface area contributed by atoms with Crippen LogP contribution in [0.5, 0.6) is 5.75 Å². The van der Waals surface area contributed by atoms with Gasteiger partial charge < -0.3 is 13.7 Å². The molecule has 162 valence electrons. The Balaban J connectivity index is 1.80. The number of oxazole rings is 1. The molecular formula is C24H20ClN3O4. The number of rotatable bonds is 4. The van der Waals surface area contributed by atoms with Crippen molar-refractivity contribution in [3.8, 4) is 16.9 Å². The van der Waals surface area contributed by atoms with Crippen LogP contribution >= 0.6 is 11.6 Å². The quantitative estimate of drug-likeness (QED) is 0.350. The smallest absolute Gasteiger partial charge is 0.420 e. The molecule has 0 fully saturated rings. The Labute approximate surface area is 188 Å². The molecule has 2 aromatic carbocycles. The molecule has 32 heavy (non-hydrogen) atoms. The van der Waals surface area contributed by atoms with E-state index in [-0.39, 0.29) is 6.04 Å². The molecule has 0 aliphatic rings. The van der Waals surface area contributed by atoms with Crippen LogP contribution < -0.4 is 10.5 Å². The fourth-order valence-corrected chi connectivity index (χ4v) is 4.34. The SMILES string of the molecule is COc1cc2c(cc1-c1c(C)noc1C)ncc1oc(=O)n([C@H](C)c3ccc(Cl)cc3)c12. The van der Waals surface area contributed by atoms with E-state index in [1.165, 1.54) is 0 Å². The van der Waals surface area contributed by atoms with Gasteiger partial charge in [0.15, 0.2) is 5.58 Å². The first-order chi connectivity index (χ1) is 15.4. The maximum absolute atomic E-state index is 12.9. The molecule has 3 aromatic heterocycles. The van der Waals surface area contributed by atoms with E-state index in [1.807, 2.05) is 45.0 Å². The summed E-state index contributed by atoms with van der Waals surface area (Å²) in [5.74, 6) is 0.865. The van der Waals surface area contributed by atoms with Gasteiger partial charge in [0.1, 0.15) is 17.0 Å². The predicted octanol–water partition coefficient (Wildman–Crippen LogP) is 5.69. The molecule has 0 saturated heterocycles. The van der Waals surface area contributed by atoms with Crippen LogP contribution in [-0.4, -0.2) is 21.8 Å². The van der Waals surface area contributed by atoms with Crippen molar-refractivity contribution < 1.29 is 13.7 Å². The summed E-state index contributed by atoms with van der Waals surface area (Å²) in [4.78, 5) is 17.4. The summed E-state index contributed by atoms with van der Waals surface area (Å²) in [6.45, 7) is 5.69. The molecule has 0 aliphatic heterocycles. The molecule has 0 spiro atoms. The number of halogens is 1. The molecule has 0 radical (unpaired) electrons. The lowest BCUT2D eigenvalue weighted by molar-refractivity contribution is 0.393. The second-order valence-electron chi connectivity index (χ2n) is 7.71. The molecule has 8 heteroatoms. The second-order valence-corrected chi connectivity index (χ2v) is 8.14. The van der Waals surface area contributed by atoms with Gasteiger partial charge in [-0.05, 0) is 50.6 Å². The normalized spacial score (nSPS) is 12.5. The van der Waals surface area contributed by atoms with Crippen molar-refractivity contribution in [2.75, 3.05) is 7.11 Å². The summed E-state index contributed by atoms with van der Waals surface area (Å²) >= 11 is 6.04. The van der Waals surface area contributed by atoms with Crippen molar-refractivity contribution in [3.63, 3.8) is 0 Å². The minimum Gasteiger partial charge on any atom is -0.496 e. The molecule has 1 atom stereocenters. The van der Waals surface area contributed by atoms with Crippen LogP contribution in [0.25, 0.3) is 33.1 Å². The molecule has 5 rings (SSSR count). The van der Waals surface area contributed by atoms with Gasteiger partial charge in [-0.2, -0.15) is 0 Å². The van der Waals surface area contributed by atoms with Crippen molar-refractivity contribution in [2.45, 2.75) is 26.8 Å². The molecule has 3 heterocycles. The summed E-state index contributed by atoms with van der Waals surface area (Å²) < 4.78 is 18.2. The summed E-state index contributed by atoms with van der Waals surface area (Å²) in [6, 6.07) is 10.9. The van der Waals surface area contributed by atoms with E-state index in [2.05, 4.69) is 10.1 Å². The zero-order chi connectivity index (χ0) is 22.6. The first-order valence-electron chi connectivity index (χ1n) is 10.1. The lowest BCUT2D eigenvalue weighted by Gasteiger charge is -2.15. The van der Waals surface area contributed by atoms with E-state index >= 15 is 0 Å². The van der Waals surface area contributed by atoms with Crippen LogP contribution in [0.15, 0.2) is 56.3 Å². The Bertz CT molecular complexity index is 1510. The van der Waals surface area contributed by atoms with Gasteiger partial charge >= 0.3 is 5.76 Å². The highest BCUT2D eigenvalue weighted by Crippen LogP contribution is 2.39. The zero-order valence-corrected chi connectivity index (χ0v) is 18.7. The fraction of sp³-hybridized carbons (Fsp3) is 0.208. The number of aryl methyl sites for hydroxylation is 2. The Morgan fingerprint density at radius 2 is 1.91 bits per heavy atom. The van der Waals surface area contributed by atoms with Gasteiger partial charge in [0.05, 0.1) is 36.1 Å². The number of pyridine rings is 1. The molecule has 0 aliphatic carbocycles. The molecule has 0 N–H and O–H groups in total. The molecule has 0 bridgehead atoms. The van der Waals surface area contributed by atoms with Crippen LogP contribution in [-0.2, 0) is 0 Å². The summed E-state index contributed by atoms with van der Waals surface area (Å²) in [5.41, 5.74) is 5.16. The van der Waals surface area contributed by atoms with E-state index in [0.29, 0.717) is 33.1 Å². The van der Waals surface area contributed by atoms with Crippen LogP contribution in [0.2, 0.25) is 5.02 Å². The van der Waals surface area contributed by atoms with Crippen LogP contribution in [0.3, 0.4) is 0 Å². The second kappa shape index (κ2) is 7.53. The highest BCUT2D eigenvalue weighted by Gasteiger charge is 2.22. The van der Waals surface area contributed by atoms with Crippen molar-refractivity contribution in [2.24, 2.45) is 0 Å². The predicted molar refractivity (Wildman–Crippen MR) is 123 cm³/mol. The average Bonchev–Trinajstić information content (AvgIpc) is 3.30. The van der Waals surface area contributed by atoms with Crippen LogP contribution in [0, 0.1) is 13.8 Å². The van der Waals surface area contributed by atoms with Crippen LogP contribution in [0.1, 0.15) is 30.0 Å². The van der Waals surface area contributed by atoms with Crippen molar-refractivity contribution in [3.05, 3.63) is 75.2 Å². The van der Waals surface area contributed by atoms with Crippen molar-refractivity contribution >= 4 is 33.6 Å². The molecular weight excluding hydrogens is 430 g/mol. The number of ether oxygens (including phenoxy) is 1. The number of nitrogens with zero attached hydrogens (tertiary/aromatic N) is 3. The zero-order valence-electron chi connectivity index (χ0n) is 18.0. The molecule has 7 nitrogen and oxygen atoms in total. The van der Waals surface area contributed by atoms with E-state index in [4.69, 9.17) is 25.3 Å². The van der Waals surface area contributed by atoms with Gasteiger partial charge in [0, 0.05) is 16.0 Å². The van der Waals surface area contributed by atoms with E-state index in [1.54, 1.807) is 30.0 Å². The van der Waals surface area contributed by atoms with E-state index in [9.17, 15) is 4.79 Å². The average molecular weight is 450 g/mol. The molecule has 5 aromatic rings. The topological polar surface area (TPSA) is 83.3 Å². The Morgan fingerprint density at radius 3 is 2.56 bits per heavy atom. The Kier molecular flexibility index (Phi) is 4.78. The lowest BCUT2D eigenvalue weighted by atomic mass is 10.00. The minimum atomic E-state index is -0.453. The largest absolute Gasteiger partial charge is 0.496 e. The summed E-state index contributed by atoms with van der Waals surface area (Å²) in [7, 11) is 1.61. The van der Waals surface area contributed by atoms with Gasteiger partial charge in [0.25, 0.3) is 0 Å². The lowest BCUT2D eigenvalue weighted by Crippen LogP contribution is -2.19. The number of hydrogen-bond acceptors (Lipinski definition) is 6. The van der Waals surface area contributed by atoms with Crippen molar-refractivity contribution in [1.29, 1.82) is 0 Å². The third-order valence-electron chi connectivity index (χ3n) is 5.80. The first-order valence-corrected chi connectivity index (χ1v) is 10.5. The van der Waals surface area contributed by atoms with E-state index < -0.39 is 5.76 Å². The molecule has 0 unspecified atom stereocenters. The Morgan fingerprint density at radius 1 is 1.16 bits per heavy atom. The summed E-state index contributed by atoms with van der Waals surface area (Å²) in [6.07, 6.45) is 1.58. The highest BCUT2D eigenvalue weighted by atomic mass is 35.5. The number of fused-ring (bicyclic) bond motifs is 3. The van der Waals surface area contributed by atoms with E-state index in [0.717, 1.165) is 27.8 Å². The maximum atomic E-state index is 12.9. The number of methoxy groups -OCH3 is 1. The van der Waals surface area contributed by atoms with Gasteiger partial charge in [-0.3, -0.25) is 9.55 Å². The molecule has 0 saturated carbocycles. The monoisotopic (exact) mass is 449 g/mol. The van der Waals surface area contributed by atoms with Gasteiger partial charge in [-0.25, -0.2) is 4.79 Å². The Hall–Kier alpha value is -3.58. The highest BCUT2D eigenvalue weighted by molar-refractivity contribution is 6.30.